The van der Waals surface area contributed by atoms with Crippen molar-refractivity contribution in [2.75, 3.05) is 5.75 Å². The first-order chi connectivity index (χ1) is 9.15. The van der Waals surface area contributed by atoms with Gasteiger partial charge < -0.3 is 0 Å². The molecule has 0 aliphatic carbocycles. The maximum Gasteiger partial charge on any atom is 0.266 e. The van der Waals surface area contributed by atoms with Crippen molar-refractivity contribution < 1.29 is 8.78 Å². The maximum absolute atomic E-state index is 11.9. The molecule has 0 aliphatic heterocycles. The third-order valence-corrected chi connectivity index (χ3v) is 4.19. The predicted molar refractivity (Wildman–Crippen MR) is 75.7 cm³/mol. The van der Waals surface area contributed by atoms with Crippen LogP contribution < -0.4 is 0 Å². The largest absolute Gasteiger partial charge is 0.266 e. The van der Waals surface area contributed by atoms with E-state index in [-0.39, 0.29) is 0 Å². The van der Waals surface area contributed by atoms with E-state index < -0.39 is 6.08 Å². The molecule has 0 N–H and O–H groups in total. The van der Waals surface area contributed by atoms with Crippen LogP contribution in [0.25, 0.3) is 10.6 Å². The molecular weight excluding hydrogens is 286 g/mol. The van der Waals surface area contributed by atoms with Crippen LogP contribution in [0.4, 0.5) is 8.78 Å². The monoisotopic (exact) mass is 298 g/mol. The second kappa shape index (κ2) is 6.77. The Morgan fingerprint density at radius 3 is 2.89 bits per heavy atom. The molecule has 2 aromatic rings. The number of hydrogen-bond donors (Lipinski definition) is 0. The van der Waals surface area contributed by atoms with Gasteiger partial charge in [-0.1, -0.05) is 11.8 Å². The zero-order valence-corrected chi connectivity index (χ0v) is 11.9. The van der Waals surface area contributed by atoms with Gasteiger partial charge in [0.05, 0.1) is 10.6 Å². The minimum atomic E-state index is -1.63. The minimum absolute atomic E-state index is 0.318. The molecule has 2 rings (SSSR count). The number of hydrogen-bond acceptors (Lipinski definition) is 4. The number of allylic oxidation sites excluding steroid dienone is 1. The Bertz CT molecular complexity index is 578. The number of rotatable bonds is 5. The van der Waals surface area contributed by atoms with Crippen LogP contribution in [0.15, 0.2) is 41.7 Å². The summed E-state index contributed by atoms with van der Waals surface area (Å²) >= 11 is 3.06. The number of nitrogens with zero attached hydrogens (tertiary/aromatic N) is 2. The lowest BCUT2D eigenvalue weighted by molar-refractivity contribution is 0.418. The van der Waals surface area contributed by atoms with Crippen LogP contribution in [-0.4, -0.2) is 15.7 Å². The highest BCUT2D eigenvalue weighted by Gasteiger charge is 2.04. The van der Waals surface area contributed by atoms with Gasteiger partial charge in [-0.05, 0) is 37.6 Å². The van der Waals surface area contributed by atoms with Crippen LogP contribution in [0.1, 0.15) is 11.3 Å². The summed E-state index contributed by atoms with van der Waals surface area (Å²) in [6.45, 7) is 2.04. The third kappa shape index (κ3) is 4.40. The molecule has 6 heteroatoms. The average Bonchev–Trinajstić information content (AvgIpc) is 2.82. The van der Waals surface area contributed by atoms with Crippen molar-refractivity contribution in [3.05, 3.63) is 41.4 Å². The molecule has 0 saturated carbocycles. The van der Waals surface area contributed by atoms with Gasteiger partial charge in [-0.15, -0.1) is 11.3 Å². The molecule has 2 heterocycles. The lowest BCUT2D eigenvalue weighted by Crippen LogP contribution is -1.89. The zero-order chi connectivity index (χ0) is 13.7. The molecular formula is C13H12F2N2S2. The highest BCUT2D eigenvalue weighted by Crippen LogP contribution is 2.27. The highest BCUT2D eigenvalue weighted by atomic mass is 32.2. The van der Waals surface area contributed by atoms with Crippen molar-refractivity contribution in [1.82, 2.24) is 9.97 Å². The summed E-state index contributed by atoms with van der Waals surface area (Å²) in [6.07, 6.45) is 1.30. The van der Waals surface area contributed by atoms with E-state index in [4.69, 9.17) is 0 Å². The van der Waals surface area contributed by atoms with Crippen molar-refractivity contribution in [3.63, 3.8) is 0 Å². The van der Waals surface area contributed by atoms with E-state index in [1.54, 1.807) is 17.5 Å². The van der Waals surface area contributed by atoms with Crippen LogP contribution in [0.5, 0.6) is 0 Å². The van der Waals surface area contributed by atoms with Gasteiger partial charge in [-0.25, -0.2) is 9.97 Å². The van der Waals surface area contributed by atoms with Gasteiger partial charge >= 0.3 is 0 Å². The summed E-state index contributed by atoms with van der Waals surface area (Å²) in [4.78, 5) is 10.9. The predicted octanol–water partition coefficient (Wildman–Crippen LogP) is 4.78. The first-order valence-electron chi connectivity index (χ1n) is 5.69. The average molecular weight is 298 g/mol. The Balaban J connectivity index is 2.01. The molecule has 0 aliphatic rings. The molecule has 2 nitrogen and oxygen atoms in total. The van der Waals surface area contributed by atoms with Gasteiger partial charge in [0, 0.05) is 16.8 Å². The Morgan fingerprint density at radius 1 is 1.37 bits per heavy atom. The van der Waals surface area contributed by atoms with Gasteiger partial charge in [-0.2, -0.15) is 8.78 Å². The van der Waals surface area contributed by atoms with Gasteiger partial charge in [0.2, 0.25) is 0 Å². The van der Waals surface area contributed by atoms with Gasteiger partial charge in [0.15, 0.2) is 5.16 Å². The van der Waals surface area contributed by atoms with Crippen LogP contribution >= 0.6 is 23.1 Å². The number of halogens is 2. The molecule has 19 heavy (non-hydrogen) atoms. The highest BCUT2D eigenvalue weighted by molar-refractivity contribution is 7.99. The maximum atomic E-state index is 11.9. The summed E-state index contributed by atoms with van der Waals surface area (Å²) in [7, 11) is 0. The van der Waals surface area contributed by atoms with Gasteiger partial charge in [0.1, 0.15) is 0 Å². The second-order valence-electron chi connectivity index (χ2n) is 3.77. The molecule has 0 aromatic carbocycles. The van der Waals surface area contributed by atoms with Crippen LogP contribution in [0.2, 0.25) is 0 Å². The molecule has 0 unspecified atom stereocenters. The number of aromatic nitrogens is 2. The summed E-state index contributed by atoms with van der Waals surface area (Å²) in [5, 5.41) is 0.621. The Morgan fingerprint density at radius 2 is 2.21 bits per heavy atom. The fourth-order valence-electron chi connectivity index (χ4n) is 1.44. The van der Waals surface area contributed by atoms with Crippen molar-refractivity contribution in [3.8, 4) is 10.6 Å². The lowest BCUT2D eigenvalue weighted by Gasteiger charge is -2.00. The van der Waals surface area contributed by atoms with Crippen LogP contribution in [-0.2, 0) is 0 Å². The van der Waals surface area contributed by atoms with Crippen LogP contribution in [0.3, 0.4) is 0 Å². The van der Waals surface area contributed by atoms with E-state index in [0.29, 0.717) is 17.3 Å². The quantitative estimate of drug-likeness (QED) is 0.451. The van der Waals surface area contributed by atoms with E-state index in [9.17, 15) is 8.78 Å². The van der Waals surface area contributed by atoms with Gasteiger partial charge in [0.25, 0.3) is 6.08 Å². The van der Waals surface area contributed by atoms with Crippen molar-refractivity contribution in [2.45, 2.75) is 18.5 Å². The topological polar surface area (TPSA) is 25.8 Å². The van der Waals surface area contributed by atoms with Crippen LogP contribution in [0, 0.1) is 6.92 Å². The van der Waals surface area contributed by atoms with E-state index in [1.807, 2.05) is 25.1 Å². The van der Waals surface area contributed by atoms with E-state index in [1.165, 1.54) is 16.6 Å². The Kier molecular flexibility index (Phi) is 5.04. The molecule has 0 atom stereocenters. The number of thioether (sulfide) groups is 1. The summed E-state index contributed by atoms with van der Waals surface area (Å²) in [6, 6.07) is 5.93. The normalized spacial score (nSPS) is 10.5. The van der Waals surface area contributed by atoms with Crippen molar-refractivity contribution in [1.29, 1.82) is 0 Å². The van der Waals surface area contributed by atoms with Crippen molar-refractivity contribution in [2.24, 2.45) is 0 Å². The lowest BCUT2D eigenvalue weighted by atomic mass is 10.3. The molecule has 2 aromatic heterocycles. The molecule has 0 spiro atoms. The van der Waals surface area contributed by atoms with Gasteiger partial charge in [-0.3, -0.25) is 0 Å². The summed E-state index contributed by atoms with van der Waals surface area (Å²) in [5.74, 6) is 0.546. The molecule has 0 radical (unpaired) electrons. The van der Waals surface area contributed by atoms with E-state index in [0.717, 1.165) is 16.6 Å². The smallest absolute Gasteiger partial charge is 0.231 e. The Labute approximate surface area is 118 Å². The standard InChI is InChI=1S/C13H12F2N2S2/c1-9-4-5-11(19-9)10-6-7-16-13(17-10)18-8-2-3-12(14)15/h3-7H,2,8H2,1H3. The van der Waals surface area contributed by atoms with Crippen molar-refractivity contribution >= 4 is 23.1 Å². The molecule has 0 bridgehead atoms. The Hall–Kier alpha value is -1.27. The number of aryl methyl sites for hydroxylation is 1. The molecule has 0 amide bonds. The SMILES string of the molecule is Cc1ccc(-c2ccnc(SCCC=C(F)F)n2)s1. The minimum Gasteiger partial charge on any atom is -0.231 e. The molecule has 0 saturated heterocycles. The number of thiophene rings is 1. The summed E-state index contributed by atoms with van der Waals surface area (Å²) < 4.78 is 23.7. The zero-order valence-electron chi connectivity index (χ0n) is 10.3. The summed E-state index contributed by atoms with van der Waals surface area (Å²) in [5.41, 5.74) is 0.878. The fourth-order valence-corrected chi connectivity index (χ4v) is 2.99. The third-order valence-electron chi connectivity index (χ3n) is 2.27. The van der Waals surface area contributed by atoms with E-state index >= 15 is 0 Å². The second-order valence-corrected chi connectivity index (χ2v) is 6.12. The molecule has 100 valence electrons. The van der Waals surface area contributed by atoms with E-state index in [2.05, 4.69) is 9.97 Å². The fraction of sp³-hybridized carbons (Fsp3) is 0.231. The first-order valence-corrected chi connectivity index (χ1v) is 7.49. The molecule has 0 fully saturated rings. The first kappa shape index (κ1) is 14.1.